The molecule has 4 rings (SSSR count). The maximum atomic E-state index is 11.9. The summed E-state index contributed by atoms with van der Waals surface area (Å²) < 4.78 is 11.4. The summed E-state index contributed by atoms with van der Waals surface area (Å²) in [6.07, 6.45) is -1.28. The number of furan rings is 1. The summed E-state index contributed by atoms with van der Waals surface area (Å²) in [5.74, 6) is -0.359. The van der Waals surface area contributed by atoms with E-state index in [9.17, 15) is 15.0 Å². The van der Waals surface area contributed by atoms with E-state index in [1.807, 2.05) is 17.5 Å². The first-order valence-electron chi connectivity index (χ1n) is 9.05. The number of nitrogens with two attached hydrogens (primary N) is 1. The normalized spacial score (nSPS) is 11.9. The number of nitrogens with zero attached hydrogens (tertiary/aromatic N) is 1. The maximum Gasteiger partial charge on any atom is 0.349 e. The molecule has 0 aliphatic rings. The zero-order chi connectivity index (χ0) is 21.1. The summed E-state index contributed by atoms with van der Waals surface area (Å²) in [4.78, 5) is 17.2. The van der Waals surface area contributed by atoms with Gasteiger partial charge in [-0.05, 0) is 29.6 Å². The number of hydrogen-bond acceptors (Lipinski definition) is 7. The molecule has 0 amide bonds. The molecule has 3 aromatic heterocycles. The standard InChI is InChI=1S/C22H18N2O5S/c23-19-15(17-9-8-14(12-25)28-17)11-16(18-7-4-10-30-18)24-21(19)29-20(22(26)27)13-5-2-1-3-6-13/h1-11,20,25H,12,23H2,(H,26,27). The van der Waals surface area contributed by atoms with E-state index < -0.39 is 12.1 Å². The highest BCUT2D eigenvalue weighted by Crippen LogP contribution is 2.39. The molecule has 30 heavy (non-hydrogen) atoms. The van der Waals surface area contributed by atoms with Crippen LogP contribution in [0.2, 0.25) is 0 Å². The number of aliphatic carboxylic acids is 1. The molecule has 1 atom stereocenters. The van der Waals surface area contributed by atoms with E-state index in [2.05, 4.69) is 4.98 Å². The molecule has 1 unspecified atom stereocenters. The Bertz CT molecular complexity index is 1160. The minimum atomic E-state index is -1.28. The van der Waals surface area contributed by atoms with Gasteiger partial charge in [0.1, 0.15) is 23.8 Å². The zero-order valence-corrected chi connectivity index (χ0v) is 16.5. The molecular weight excluding hydrogens is 404 g/mol. The van der Waals surface area contributed by atoms with Crippen LogP contribution in [-0.2, 0) is 11.4 Å². The van der Waals surface area contributed by atoms with E-state index in [0.717, 1.165) is 4.88 Å². The number of hydrogen-bond donors (Lipinski definition) is 3. The van der Waals surface area contributed by atoms with E-state index in [0.29, 0.717) is 28.3 Å². The fraction of sp³-hybridized carbons (Fsp3) is 0.0909. The summed E-state index contributed by atoms with van der Waals surface area (Å²) >= 11 is 1.48. The van der Waals surface area contributed by atoms with Crippen LogP contribution >= 0.6 is 11.3 Å². The first kappa shape index (κ1) is 19.7. The first-order chi connectivity index (χ1) is 14.6. The van der Waals surface area contributed by atoms with Crippen molar-refractivity contribution in [1.29, 1.82) is 0 Å². The van der Waals surface area contributed by atoms with Crippen molar-refractivity contribution in [2.75, 3.05) is 5.73 Å². The summed E-state index contributed by atoms with van der Waals surface area (Å²) in [6, 6.07) is 17.5. The van der Waals surface area contributed by atoms with Gasteiger partial charge in [0.2, 0.25) is 12.0 Å². The molecule has 0 fully saturated rings. The van der Waals surface area contributed by atoms with Gasteiger partial charge in [0.05, 0.1) is 10.6 Å². The minimum Gasteiger partial charge on any atom is -0.478 e. The predicted octanol–water partition coefficient (Wildman–Crippen LogP) is 4.35. The number of aliphatic hydroxyl groups excluding tert-OH is 1. The molecule has 8 heteroatoms. The maximum absolute atomic E-state index is 11.9. The monoisotopic (exact) mass is 422 g/mol. The lowest BCUT2D eigenvalue weighted by atomic mass is 10.1. The lowest BCUT2D eigenvalue weighted by Gasteiger charge is -2.18. The molecule has 3 heterocycles. The predicted molar refractivity (Wildman–Crippen MR) is 113 cm³/mol. The van der Waals surface area contributed by atoms with Crippen molar-refractivity contribution in [2.24, 2.45) is 0 Å². The minimum absolute atomic E-state index is 0.00546. The lowest BCUT2D eigenvalue weighted by Crippen LogP contribution is -2.19. The van der Waals surface area contributed by atoms with Gasteiger partial charge in [0, 0.05) is 11.1 Å². The molecule has 0 saturated carbocycles. The van der Waals surface area contributed by atoms with Crippen molar-refractivity contribution in [3.8, 4) is 27.8 Å². The van der Waals surface area contributed by atoms with Crippen LogP contribution in [0, 0.1) is 0 Å². The summed E-state index contributed by atoms with van der Waals surface area (Å²) in [6.45, 7) is -0.249. The number of thiophene rings is 1. The molecule has 152 valence electrons. The molecule has 0 radical (unpaired) electrons. The Morgan fingerprint density at radius 2 is 1.97 bits per heavy atom. The van der Waals surface area contributed by atoms with Crippen LogP contribution in [-0.4, -0.2) is 21.2 Å². The van der Waals surface area contributed by atoms with E-state index in [1.165, 1.54) is 11.3 Å². The zero-order valence-electron chi connectivity index (χ0n) is 15.7. The van der Waals surface area contributed by atoms with Gasteiger partial charge in [0.15, 0.2) is 0 Å². The SMILES string of the molecule is Nc1c(-c2ccc(CO)o2)cc(-c2cccs2)nc1OC(C(=O)O)c1ccccc1. The third-order valence-electron chi connectivity index (χ3n) is 4.44. The molecule has 4 aromatic rings. The highest BCUT2D eigenvalue weighted by atomic mass is 32.1. The molecule has 0 bridgehead atoms. The topological polar surface area (TPSA) is 119 Å². The number of pyridine rings is 1. The number of carboxylic acid groups (broad SMARTS) is 1. The summed E-state index contributed by atoms with van der Waals surface area (Å²) in [7, 11) is 0. The van der Waals surface area contributed by atoms with Gasteiger partial charge >= 0.3 is 5.97 Å². The molecule has 7 nitrogen and oxygen atoms in total. The quantitative estimate of drug-likeness (QED) is 0.405. The molecule has 0 saturated heterocycles. The van der Waals surface area contributed by atoms with Gasteiger partial charge in [0.25, 0.3) is 0 Å². The molecule has 0 aliphatic carbocycles. The fourth-order valence-corrected chi connectivity index (χ4v) is 3.67. The third kappa shape index (κ3) is 3.91. The van der Waals surface area contributed by atoms with E-state index in [1.54, 1.807) is 48.5 Å². The van der Waals surface area contributed by atoms with Crippen molar-refractivity contribution in [3.63, 3.8) is 0 Å². The highest BCUT2D eigenvalue weighted by molar-refractivity contribution is 7.13. The van der Waals surface area contributed by atoms with Gasteiger partial charge in [-0.1, -0.05) is 36.4 Å². The van der Waals surface area contributed by atoms with Crippen molar-refractivity contribution in [2.45, 2.75) is 12.7 Å². The van der Waals surface area contributed by atoms with Gasteiger partial charge in [-0.15, -0.1) is 11.3 Å². The van der Waals surface area contributed by atoms with E-state index >= 15 is 0 Å². The van der Waals surface area contributed by atoms with Crippen molar-refractivity contribution in [1.82, 2.24) is 4.98 Å². The van der Waals surface area contributed by atoms with Crippen LogP contribution in [0.15, 0.2) is 70.5 Å². The summed E-state index contributed by atoms with van der Waals surface area (Å²) in [5.41, 5.74) is 8.00. The summed E-state index contributed by atoms with van der Waals surface area (Å²) in [5, 5.41) is 20.9. The van der Waals surface area contributed by atoms with Crippen molar-refractivity contribution >= 4 is 23.0 Å². The van der Waals surface area contributed by atoms with Crippen LogP contribution in [0.5, 0.6) is 5.88 Å². The second-order valence-electron chi connectivity index (χ2n) is 6.42. The number of rotatable bonds is 7. The van der Waals surface area contributed by atoms with Crippen LogP contribution < -0.4 is 10.5 Å². The molecule has 4 N–H and O–H groups in total. The molecule has 0 aliphatic heterocycles. The van der Waals surface area contributed by atoms with Crippen LogP contribution in [0.4, 0.5) is 5.69 Å². The lowest BCUT2D eigenvalue weighted by molar-refractivity contribution is -0.145. The third-order valence-corrected chi connectivity index (χ3v) is 5.33. The van der Waals surface area contributed by atoms with Crippen molar-refractivity contribution in [3.05, 3.63) is 77.4 Å². The first-order valence-corrected chi connectivity index (χ1v) is 9.93. The van der Waals surface area contributed by atoms with Gasteiger partial charge < -0.3 is 25.1 Å². The average molecular weight is 422 g/mol. The number of aliphatic hydroxyl groups is 1. The Kier molecular flexibility index (Phi) is 5.51. The Labute approximate surface area is 176 Å². The highest BCUT2D eigenvalue weighted by Gasteiger charge is 2.25. The number of aromatic nitrogens is 1. The Hall–Kier alpha value is -3.62. The van der Waals surface area contributed by atoms with E-state index in [4.69, 9.17) is 14.9 Å². The number of anilines is 1. The van der Waals surface area contributed by atoms with Crippen LogP contribution in [0.1, 0.15) is 17.4 Å². The van der Waals surface area contributed by atoms with Gasteiger partial charge in [-0.25, -0.2) is 9.78 Å². The Morgan fingerprint density at radius 3 is 2.60 bits per heavy atom. The smallest absolute Gasteiger partial charge is 0.349 e. The number of benzene rings is 1. The second kappa shape index (κ2) is 8.40. The Morgan fingerprint density at radius 1 is 1.17 bits per heavy atom. The second-order valence-corrected chi connectivity index (χ2v) is 7.37. The molecular formula is C22H18N2O5S. The van der Waals surface area contributed by atoms with Crippen LogP contribution in [0.3, 0.4) is 0 Å². The van der Waals surface area contributed by atoms with Gasteiger partial charge in [-0.3, -0.25) is 0 Å². The molecule has 1 aromatic carbocycles. The van der Waals surface area contributed by atoms with Crippen molar-refractivity contribution < 1.29 is 24.2 Å². The van der Waals surface area contributed by atoms with E-state index in [-0.39, 0.29) is 18.2 Å². The van der Waals surface area contributed by atoms with Crippen LogP contribution in [0.25, 0.3) is 21.9 Å². The number of ether oxygens (including phenoxy) is 1. The average Bonchev–Trinajstić information content (AvgIpc) is 3.45. The molecule has 0 spiro atoms. The fourth-order valence-electron chi connectivity index (χ4n) is 2.98. The number of carboxylic acids is 1. The largest absolute Gasteiger partial charge is 0.478 e. The number of carbonyl (C=O) groups is 1. The number of nitrogen functional groups attached to an aromatic ring is 1. The Balaban J connectivity index is 1.82. The van der Waals surface area contributed by atoms with Gasteiger partial charge in [-0.2, -0.15) is 0 Å².